The van der Waals surface area contributed by atoms with E-state index < -0.39 is 15.6 Å². The molecule has 51 heavy (non-hydrogen) atoms. The van der Waals surface area contributed by atoms with Crippen molar-refractivity contribution in [1.82, 2.24) is 23.3 Å². The van der Waals surface area contributed by atoms with Gasteiger partial charge in [0.2, 0.25) is 5.91 Å². The zero-order valence-corrected chi connectivity index (χ0v) is 30.2. The van der Waals surface area contributed by atoms with Crippen molar-refractivity contribution in [1.29, 1.82) is 0 Å². The number of hydrogen-bond acceptors (Lipinski definition) is 7. The highest BCUT2D eigenvalue weighted by Gasteiger charge is 2.30. The Morgan fingerprint density at radius 1 is 0.902 bits per heavy atom. The molecule has 10 nitrogen and oxygen atoms in total. The maximum Gasteiger partial charge on any atom is 0.275 e. The van der Waals surface area contributed by atoms with Gasteiger partial charge in [-0.25, -0.2) is 17.4 Å². The van der Waals surface area contributed by atoms with E-state index in [9.17, 15) is 18.0 Å². The lowest BCUT2D eigenvalue weighted by atomic mass is 10.0. The molecule has 1 aliphatic heterocycles. The summed E-state index contributed by atoms with van der Waals surface area (Å²) in [7, 11) is -2.39. The van der Waals surface area contributed by atoms with Crippen LogP contribution in [0.4, 0.5) is 0 Å². The summed E-state index contributed by atoms with van der Waals surface area (Å²) in [4.78, 5) is 34.5. The van der Waals surface area contributed by atoms with E-state index in [0.717, 1.165) is 56.9 Å². The average molecular weight is 704 g/mol. The smallest absolute Gasteiger partial charge is 0.275 e. The number of carbonyl (C=O) groups is 1. The molecule has 2 atom stereocenters. The summed E-state index contributed by atoms with van der Waals surface area (Å²) in [5.74, 6) is 0.930. The molecule has 3 aromatic heterocycles. The van der Waals surface area contributed by atoms with Crippen molar-refractivity contribution in [3.63, 3.8) is 0 Å². The molecule has 0 saturated carbocycles. The number of benzene rings is 3. The number of amides is 1. The molecule has 3 aromatic carbocycles. The first-order valence-corrected chi connectivity index (χ1v) is 18.5. The minimum Gasteiger partial charge on any atom is -0.492 e. The van der Waals surface area contributed by atoms with Crippen LogP contribution in [0, 0.1) is 6.92 Å². The number of fused-ring (bicyclic) bond motifs is 2. The number of rotatable bonds is 8. The lowest BCUT2D eigenvalue weighted by Gasteiger charge is -2.44. The van der Waals surface area contributed by atoms with Crippen molar-refractivity contribution in [3.8, 4) is 28.1 Å². The highest BCUT2D eigenvalue weighted by atomic mass is 32.2. The molecule has 262 valence electrons. The minimum absolute atomic E-state index is 0.0804. The summed E-state index contributed by atoms with van der Waals surface area (Å²) >= 11 is 0. The molecule has 1 aliphatic rings. The van der Waals surface area contributed by atoms with E-state index in [2.05, 4.69) is 24.8 Å². The molecule has 4 heterocycles. The van der Waals surface area contributed by atoms with E-state index >= 15 is 0 Å². The van der Waals surface area contributed by atoms with Crippen LogP contribution >= 0.6 is 0 Å². The number of hydrogen-bond donors (Lipinski definition) is 0. The van der Waals surface area contributed by atoms with E-state index in [1.807, 2.05) is 60.4 Å². The van der Waals surface area contributed by atoms with Gasteiger partial charge in [0.1, 0.15) is 17.9 Å². The molecule has 1 saturated heterocycles. The van der Waals surface area contributed by atoms with Crippen LogP contribution < -0.4 is 10.3 Å². The van der Waals surface area contributed by atoms with E-state index in [-0.39, 0.29) is 28.4 Å². The average Bonchev–Trinajstić information content (AvgIpc) is 3.58. The van der Waals surface area contributed by atoms with Gasteiger partial charge in [-0.2, -0.15) is 0 Å². The molecule has 1 fully saturated rings. The maximum atomic E-state index is 13.6. The van der Waals surface area contributed by atoms with Crippen LogP contribution in [0.2, 0.25) is 0 Å². The SMILES string of the molecule is CC(=O)N1C[C@@H](C)N(CCOc2ccc(-c3ccc4nc(-c5cn(C)c(=O)c6c5ccn6S(=O)(=O)c5ccc(C)cc5)ccc4c3)cc2)[C@@H](C)C1. The number of aromatic nitrogens is 3. The summed E-state index contributed by atoms with van der Waals surface area (Å²) in [5, 5.41) is 1.46. The van der Waals surface area contributed by atoms with E-state index in [0.29, 0.717) is 23.3 Å². The molecule has 0 radical (unpaired) electrons. The van der Waals surface area contributed by atoms with E-state index in [1.165, 1.54) is 10.8 Å². The van der Waals surface area contributed by atoms with Crippen LogP contribution in [-0.4, -0.2) is 76.0 Å². The number of ether oxygens (including phenoxy) is 1. The number of aryl methyl sites for hydroxylation is 2. The molecule has 0 unspecified atom stereocenters. The lowest BCUT2D eigenvalue weighted by Crippen LogP contribution is -2.58. The monoisotopic (exact) mass is 703 g/mol. The van der Waals surface area contributed by atoms with Gasteiger partial charge in [0.25, 0.3) is 15.6 Å². The van der Waals surface area contributed by atoms with Crippen molar-refractivity contribution >= 4 is 37.7 Å². The van der Waals surface area contributed by atoms with Crippen LogP contribution in [0.25, 0.3) is 44.2 Å². The van der Waals surface area contributed by atoms with Crippen molar-refractivity contribution in [2.45, 2.75) is 44.7 Å². The standard InChI is InChI=1S/C40H41N5O5S/c1-26-6-14-34(15-7-26)51(48,49)45-19-18-35-36(25-42(5)40(47)39(35)45)38-17-11-32-22-31(10-16-37(32)41-38)30-8-12-33(13-9-30)50-21-20-44-27(2)23-43(29(4)46)24-28(44)3/h6-19,22,25,27-28H,20-21,23-24H2,1-5H3/t27-,28+. The third kappa shape index (κ3) is 6.55. The molecule has 7 rings (SSSR count). The largest absolute Gasteiger partial charge is 0.492 e. The van der Waals surface area contributed by atoms with Crippen molar-refractivity contribution in [3.05, 3.63) is 113 Å². The fraction of sp³-hybridized carbons (Fsp3) is 0.275. The zero-order valence-electron chi connectivity index (χ0n) is 29.4. The predicted molar refractivity (Wildman–Crippen MR) is 200 cm³/mol. The molecule has 0 spiro atoms. The van der Waals surface area contributed by atoms with Gasteiger partial charge in [0.05, 0.1) is 16.1 Å². The molecule has 0 aliphatic carbocycles. The Kier molecular flexibility index (Phi) is 9.03. The first kappa shape index (κ1) is 34.2. The maximum absolute atomic E-state index is 13.6. The van der Waals surface area contributed by atoms with E-state index in [1.54, 1.807) is 50.5 Å². The highest BCUT2D eigenvalue weighted by molar-refractivity contribution is 7.90. The summed E-state index contributed by atoms with van der Waals surface area (Å²) in [6.07, 6.45) is 3.14. The van der Waals surface area contributed by atoms with Crippen LogP contribution in [0.15, 0.2) is 107 Å². The molecule has 1 amide bonds. The first-order chi connectivity index (χ1) is 24.4. The lowest BCUT2D eigenvalue weighted by molar-refractivity contribution is -0.133. The van der Waals surface area contributed by atoms with Crippen LogP contribution in [0.1, 0.15) is 26.3 Å². The summed E-state index contributed by atoms with van der Waals surface area (Å²) < 4.78 is 35.8. The van der Waals surface area contributed by atoms with Gasteiger partial charge in [-0.1, -0.05) is 42.0 Å². The summed E-state index contributed by atoms with van der Waals surface area (Å²) in [6.45, 7) is 10.7. The summed E-state index contributed by atoms with van der Waals surface area (Å²) in [5.41, 5.74) is 4.76. The number of nitrogens with zero attached hydrogens (tertiary/aromatic N) is 5. The first-order valence-electron chi connectivity index (χ1n) is 17.1. The van der Waals surface area contributed by atoms with Gasteiger partial charge in [-0.15, -0.1) is 0 Å². The Labute approximate surface area is 297 Å². The molecule has 6 aromatic rings. The quantitative estimate of drug-likeness (QED) is 0.189. The van der Waals surface area contributed by atoms with Crippen molar-refractivity contribution < 1.29 is 17.9 Å². The van der Waals surface area contributed by atoms with Gasteiger partial charge in [0, 0.05) is 74.4 Å². The van der Waals surface area contributed by atoms with Gasteiger partial charge in [-0.3, -0.25) is 14.5 Å². The van der Waals surface area contributed by atoms with Crippen LogP contribution in [0.5, 0.6) is 5.75 Å². The number of pyridine rings is 2. The zero-order chi connectivity index (χ0) is 36.0. The Hall–Kier alpha value is -5.26. The van der Waals surface area contributed by atoms with Gasteiger partial charge in [-0.05, 0) is 80.4 Å². The van der Waals surface area contributed by atoms with Gasteiger partial charge < -0.3 is 14.2 Å². The van der Waals surface area contributed by atoms with Crippen molar-refractivity contribution in [2.24, 2.45) is 7.05 Å². The highest BCUT2D eigenvalue weighted by Crippen LogP contribution is 2.31. The van der Waals surface area contributed by atoms with Gasteiger partial charge >= 0.3 is 0 Å². The second kappa shape index (κ2) is 13.5. The fourth-order valence-electron chi connectivity index (χ4n) is 7.08. The molecular formula is C40H41N5O5S. The molecule has 11 heteroatoms. The molecular weight excluding hydrogens is 663 g/mol. The summed E-state index contributed by atoms with van der Waals surface area (Å²) in [6, 6.07) is 26.8. The van der Waals surface area contributed by atoms with Crippen molar-refractivity contribution in [2.75, 3.05) is 26.2 Å². The van der Waals surface area contributed by atoms with Crippen LogP contribution in [0.3, 0.4) is 0 Å². The predicted octanol–water partition coefficient (Wildman–Crippen LogP) is 6.09. The minimum atomic E-state index is -4.00. The topological polar surface area (TPSA) is 107 Å². The van der Waals surface area contributed by atoms with Gasteiger partial charge in [0.15, 0.2) is 0 Å². The number of piperazine rings is 1. The Balaban J connectivity index is 1.09. The Morgan fingerprint density at radius 2 is 1.59 bits per heavy atom. The second-order valence-electron chi connectivity index (χ2n) is 13.5. The third-order valence-corrected chi connectivity index (χ3v) is 11.6. The second-order valence-corrected chi connectivity index (χ2v) is 15.3. The Bertz CT molecular complexity index is 2420. The third-order valence-electron chi connectivity index (χ3n) is 9.88. The van der Waals surface area contributed by atoms with Crippen LogP contribution in [-0.2, 0) is 21.9 Å². The Morgan fingerprint density at radius 3 is 2.27 bits per heavy atom. The molecule has 0 N–H and O–H groups in total. The number of carbonyl (C=O) groups excluding carboxylic acids is 1. The fourth-order valence-corrected chi connectivity index (χ4v) is 8.43. The van der Waals surface area contributed by atoms with E-state index in [4.69, 9.17) is 9.72 Å². The normalized spacial score (nSPS) is 16.9. The molecule has 0 bridgehead atoms.